The van der Waals surface area contributed by atoms with E-state index in [1.54, 1.807) is 14.1 Å². The van der Waals surface area contributed by atoms with Crippen molar-refractivity contribution in [1.29, 1.82) is 0 Å². The Morgan fingerprint density at radius 1 is 1.24 bits per heavy atom. The third kappa shape index (κ3) is 7.60. The number of nitrogens with zero attached hydrogens (tertiary/aromatic N) is 1. The van der Waals surface area contributed by atoms with E-state index in [-0.39, 0.29) is 12.5 Å². The van der Waals surface area contributed by atoms with Gasteiger partial charge < -0.3 is 15.3 Å². The van der Waals surface area contributed by atoms with Crippen molar-refractivity contribution >= 4 is 12.0 Å². The van der Waals surface area contributed by atoms with E-state index in [0.29, 0.717) is 24.8 Å². The first-order valence-electron chi connectivity index (χ1n) is 6.01. The number of aliphatic carboxylic acids is 1. The monoisotopic (exact) mass is 244 g/mol. The molecule has 0 rings (SSSR count). The van der Waals surface area contributed by atoms with E-state index in [9.17, 15) is 9.59 Å². The quantitative estimate of drug-likeness (QED) is 0.717. The second-order valence-corrected chi connectivity index (χ2v) is 4.85. The first-order valence-corrected chi connectivity index (χ1v) is 6.01. The third-order valence-electron chi connectivity index (χ3n) is 2.87. The molecular weight excluding hydrogens is 220 g/mol. The molecule has 2 N–H and O–H groups in total. The van der Waals surface area contributed by atoms with Crippen molar-refractivity contribution in [3.8, 4) is 0 Å². The van der Waals surface area contributed by atoms with Gasteiger partial charge in [-0.2, -0.15) is 0 Å². The molecule has 0 aliphatic rings. The molecule has 1 atom stereocenters. The van der Waals surface area contributed by atoms with Crippen LogP contribution in [-0.4, -0.2) is 42.6 Å². The molecule has 0 spiro atoms. The standard InChI is InChI=1S/C12H24N2O3/c1-9(2)10(5-6-11(15)16)7-8-13-12(17)14(3)4/h9-10H,5-8H2,1-4H3,(H,13,17)(H,15,16). The predicted molar refractivity (Wildman–Crippen MR) is 66.9 cm³/mol. The minimum Gasteiger partial charge on any atom is -0.481 e. The molecule has 0 saturated heterocycles. The Morgan fingerprint density at radius 2 is 1.82 bits per heavy atom. The Labute approximate surface area is 103 Å². The van der Waals surface area contributed by atoms with Crippen molar-refractivity contribution in [3.05, 3.63) is 0 Å². The summed E-state index contributed by atoms with van der Waals surface area (Å²) >= 11 is 0. The molecule has 0 fully saturated rings. The largest absolute Gasteiger partial charge is 0.481 e. The second-order valence-electron chi connectivity index (χ2n) is 4.85. The molecule has 0 saturated carbocycles. The van der Waals surface area contributed by atoms with Crippen LogP contribution < -0.4 is 5.32 Å². The third-order valence-corrected chi connectivity index (χ3v) is 2.87. The fourth-order valence-electron chi connectivity index (χ4n) is 1.64. The molecule has 0 aliphatic carbocycles. The van der Waals surface area contributed by atoms with Crippen molar-refractivity contribution in [2.24, 2.45) is 11.8 Å². The first-order chi connectivity index (χ1) is 7.84. The van der Waals surface area contributed by atoms with Crippen molar-refractivity contribution in [2.75, 3.05) is 20.6 Å². The number of urea groups is 1. The number of hydrogen-bond acceptors (Lipinski definition) is 2. The minimum atomic E-state index is -0.757. The lowest BCUT2D eigenvalue weighted by atomic mass is 9.88. The fourth-order valence-corrected chi connectivity index (χ4v) is 1.64. The highest BCUT2D eigenvalue weighted by molar-refractivity contribution is 5.73. The molecule has 0 aromatic rings. The van der Waals surface area contributed by atoms with E-state index < -0.39 is 5.97 Å². The molecule has 5 heteroatoms. The topological polar surface area (TPSA) is 69.6 Å². The van der Waals surface area contributed by atoms with Crippen LogP contribution in [0.15, 0.2) is 0 Å². The number of hydrogen-bond donors (Lipinski definition) is 2. The number of rotatable bonds is 7. The maximum Gasteiger partial charge on any atom is 0.316 e. The number of carbonyl (C=O) groups is 2. The van der Waals surface area contributed by atoms with Crippen molar-refractivity contribution in [3.63, 3.8) is 0 Å². The Morgan fingerprint density at radius 3 is 2.24 bits per heavy atom. The molecule has 0 heterocycles. The van der Waals surface area contributed by atoms with Gasteiger partial charge in [-0.05, 0) is 24.7 Å². The van der Waals surface area contributed by atoms with Crippen molar-refractivity contribution in [1.82, 2.24) is 10.2 Å². The fraction of sp³-hybridized carbons (Fsp3) is 0.833. The van der Waals surface area contributed by atoms with Gasteiger partial charge in [-0.1, -0.05) is 13.8 Å². The average molecular weight is 244 g/mol. The molecule has 100 valence electrons. The van der Waals surface area contributed by atoms with Crippen LogP contribution in [0.3, 0.4) is 0 Å². The van der Waals surface area contributed by atoms with Gasteiger partial charge in [0.05, 0.1) is 0 Å². The summed E-state index contributed by atoms with van der Waals surface area (Å²) in [7, 11) is 3.39. The van der Waals surface area contributed by atoms with E-state index >= 15 is 0 Å². The van der Waals surface area contributed by atoms with Crippen LogP contribution in [-0.2, 0) is 4.79 Å². The van der Waals surface area contributed by atoms with Gasteiger partial charge in [-0.15, -0.1) is 0 Å². The molecule has 17 heavy (non-hydrogen) atoms. The molecule has 1 unspecified atom stereocenters. The molecule has 0 radical (unpaired) electrons. The van der Waals surface area contributed by atoms with Crippen LogP contribution in [0, 0.1) is 11.8 Å². The van der Waals surface area contributed by atoms with Crippen molar-refractivity contribution in [2.45, 2.75) is 33.1 Å². The smallest absolute Gasteiger partial charge is 0.316 e. The van der Waals surface area contributed by atoms with Crippen LogP contribution in [0.25, 0.3) is 0 Å². The van der Waals surface area contributed by atoms with Gasteiger partial charge in [-0.25, -0.2) is 4.79 Å². The lowest BCUT2D eigenvalue weighted by Gasteiger charge is -2.21. The molecule has 0 aromatic carbocycles. The average Bonchev–Trinajstić information content (AvgIpc) is 2.21. The normalized spacial score (nSPS) is 12.3. The van der Waals surface area contributed by atoms with Gasteiger partial charge >= 0.3 is 12.0 Å². The summed E-state index contributed by atoms with van der Waals surface area (Å²) in [5.41, 5.74) is 0. The summed E-state index contributed by atoms with van der Waals surface area (Å²) in [6.45, 7) is 4.76. The number of carboxylic acid groups (broad SMARTS) is 1. The first kappa shape index (κ1) is 15.7. The maximum atomic E-state index is 11.3. The number of carboxylic acids is 1. The zero-order valence-electron chi connectivity index (χ0n) is 11.2. The molecule has 5 nitrogen and oxygen atoms in total. The number of amides is 2. The Kier molecular flexibility index (Phi) is 7.34. The minimum absolute atomic E-state index is 0.106. The van der Waals surface area contributed by atoms with Crippen LogP contribution >= 0.6 is 0 Å². The van der Waals surface area contributed by atoms with Crippen LogP contribution in [0.5, 0.6) is 0 Å². The molecule has 0 aromatic heterocycles. The van der Waals surface area contributed by atoms with E-state index in [1.807, 2.05) is 0 Å². The van der Waals surface area contributed by atoms with Crippen LogP contribution in [0.4, 0.5) is 4.79 Å². The SMILES string of the molecule is CC(C)C(CCNC(=O)N(C)C)CCC(=O)O. The van der Waals surface area contributed by atoms with Crippen LogP contribution in [0.1, 0.15) is 33.1 Å². The zero-order chi connectivity index (χ0) is 13.4. The van der Waals surface area contributed by atoms with E-state index in [2.05, 4.69) is 19.2 Å². The van der Waals surface area contributed by atoms with Gasteiger partial charge in [0.1, 0.15) is 0 Å². The van der Waals surface area contributed by atoms with Crippen LogP contribution in [0.2, 0.25) is 0 Å². The molecule has 2 amide bonds. The van der Waals surface area contributed by atoms with Crippen molar-refractivity contribution < 1.29 is 14.7 Å². The van der Waals surface area contributed by atoms with E-state index in [0.717, 1.165) is 6.42 Å². The lowest BCUT2D eigenvalue weighted by Crippen LogP contribution is -2.35. The van der Waals surface area contributed by atoms with Gasteiger partial charge in [0.2, 0.25) is 0 Å². The maximum absolute atomic E-state index is 11.3. The number of carbonyl (C=O) groups excluding carboxylic acids is 1. The van der Waals surface area contributed by atoms with E-state index in [4.69, 9.17) is 5.11 Å². The summed E-state index contributed by atoms with van der Waals surface area (Å²) in [5, 5.41) is 11.4. The molecular formula is C12H24N2O3. The highest BCUT2D eigenvalue weighted by Crippen LogP contribution is 2.20. The van der Waals surface area contributed by atoms with E-state index in [1.165, 1.54) is 4.90 Å². The second kappa shape index (κ2) is 7.92. The zero-order valence-corrected chi connectivity index (χ0v) is 11.2. The highest BCUT2D eigenvalue weighted by atomic mass is 16.4. The predicted octanol–water partition coefficient (Wildman–Crippen LogP) is 1.78. The van der Waals surface area contributed by atoms with Gasteiger partial charge in [0, 0.05) is 27.1 Å². The summed E-state index contributed by atoms with van der Waals surface area (Å²) in [6, 6.07) is -0.106. The van der Waals surface area contributed by atoms with Gasteiger partial charge in [0.15, 0.2) is 0 Å². The summed E-state index contributed by atoms with van der Waals surface area (Å²) < 4.78 is 0. The number of nitrogens with one attached hydrogen (secondary N) is 1. The Hall–Kier alpha value is -1.26. The summed E-state index contributed by atoms with van der Waals surface area (Å²) in [5.74, 6) is 0.0205. The lowest BCUT2D eigenvalue weighted by molar-refractivity contribution is -0.137. The van der Waals surface area contributed by atoms with Gasteiger partial charge in [-0.3, -0.25) is 4.79 Å². The molecule has 0 aliphatic heterocycles. The highest BCUT2D eigenvalue weighted by Gasteiger charge is 2.15. The Balaban J connectivity index is 3.93. The summed E-state index contributed by atoms with van der Waals surface area (Å²) in [4.78, 5) is 23.3. The van der Waals surface area contributed by atoms with Gasteiger partial charge in [0.25, 0.3) is 0 Å². The molecule has 0 bridgehead atoms. The summed E-state index contributed by atoms with van der Waals surface area (Å²) in [6.07, 6.45) is 1.69. The Bertz CT molecular complexity index is 252.